The first-order valence-corrected chi connectivity index (χ1v) is 15.2. The second kappa shape index (κ2) is 11.8. The van der Waals surface area contributed by atoms with Gasteiger partial charge >= 0.3 is 0 Å². The van der Waals surface area contributed by atoms with E-state index in [0.717, 1.165) is 5.56 Å². The summed E-state index contributed by atoms with van der Waals surface area (Å²) in [5.74, 6) is -1.20. The molecule has 1 heterocycles. The van der Waals surface area contributed by atoms with E-state index >= 15 is 0 Å². The number of ketones is 1. The summed E-state index contributed by atoms with van der Waals surface area (Å²) in [6.07, 6.45) is 1.13. The van der Waals surface area contributed by atoms with Gasteiger partial charge in [0, 0.05) is 39.9 Å². The lowest BCUT2D eigenvalue weighted by Crippen LogP contribution is -2.44. The van der Waals surface area contributed by atoms with Gasteiger partial charge in [0.05, 0.1) is 11.7 Å². The molecule has 0 radical (unpaired) electrons. The lowest BCUT2D eigenvalue weighted by molar-refractivity contribution is -0.120. The van der Waals surface area contributed by atoms with Crippen LogP contribution >= 0.6 is 23.2 Å². The fourth-order valence-corrected chi connectivity index (χ4v) is 6.80. The summed E-state index contributed by atoms with van der Waals surface area (Å²) in [4.78, 5) is 26.2. The van der Waals surface area contributed by atoms with Gasteiger partial charge in [-0.3, -0.25) is 9.59 Å². The maximum Gasteiger partial charge on any atom is 0.228 e. The van der Waals surface area contributed by atoms with Crippen LogP contribution in [0.4, 0.5) is 5.69 Å². The van der Waals surface area contributed by atoms with Crippen LogP contribution in [-0.2, 0) is 26.0 Å². The molecule has 0 saturated carbocycles. The van der Waals surface area contributed by atoms with Gasteiger partial charge < -0.3 is 5.32 Å². The fraction of sp³-hybridized carbons (Fsp3) is 0.333. The molecule has 9 heteroatoms. The average Bonchev–Trinajstić information content (AvgIpc) is 2.89. The Kier molecular flexibility index (Phi) is 8.86. The number of piperidine rings is 1. The lowest BCUT2D eigenvalue weighted by Gasteiger charge is -2.31. The molecule has 4 rings (SSSR count). The molecule has 6 nitrogen and oxygen atoms in total. The number of nitrogens with one attached hydrogen (secondary N) is 1. The quantitative estimate of drug-likeness (QED) is 0.312. The van der Waals surface area contributed by atoms with E-state index in [9.17, 15) is 18.0 Å². The predicted octanol–water partition coefficient (Wildman–Crippen LogP) is 6.70. The van der Waals surface area contributed by atoms with E-state index < -0.39 is 15.9 Å². The van der Waals surface area contributed by atoms with Gasteiger partial charge in [-0.15, -0.1) is 0 Å². The molecule has 39 heavy (non-hydrogen) atoms. The highest BCUT2D eigenvalue weighted by molar-refractivity contribution is 7.88. The van der Waals surface area contributed by atoms with Crippen molar-refractivity contribution in [2.45, 2.75) is 44.8 Å². The van der Waals surface area contributed by atoms with Gasteiger partial charge in [-0.05, 0) is 53.6 Å². The van der Waals surface area contributed by atoms with Crippen LogP contribution in [0.1, 0.15) is 60.7 Å². The Morgan fingerprint density at radius 1 is 0.974 bits per heavy atom. The molecule has 0 aromatic heterocycles. The molecule has 3 aromatic rings. The molecule has 3 aromatic carbocycles. The van der Waals surface area contributed by atoms with Gasteiger partial charge in [0.25, 0.3) is 0 Å². The molecular weight excluding hydrogens is 555 g/mol. The van der Waals surface area contributed by atoms with Gasteiger partial charge in [-0.2, -0.15) is 0 Å². The van der Waals surface area contributed by atoms with Crippen molar-refractivity contribution < 1.29 is 18.0 Å². The summed E-state index contributed by atoms with van der Waals surface area (Å²) in [5, 5.41) is 3.60. The van der Waals surface area contributed by atoms with Gasteiger partial charge in [0.2, 0.25) is 15.9 Å². The number of nitrogens with zero attached hydrogens (tertiary/aromatic N) is 1. The number of carbonyl (C=O) groups excluding carboxylic acids is 2. The summed E-state index contributed by atoms with van der Waals surface area (Å²) >= 11 is 12.1. The molecule has 1 amide bonds. The van der Waals surface area contributed by atoms with E-state index in [0.29, 0.717) is 46.8 Å². The molecular formula is C30H32Cl2N2O4S. The van der Waals surface area contributed by atoms with Crippen LogP contribution in [0.25, 0.3) is 0 Å². The molecule has 0 spiro atoms. The summed E-state index contributed by atoms with van der Waals surface area (Å²) in [5.41, 5.74) is 3.11. The third-order valence-corrected chi connectivity index (χ3v) is 9.29. The van der Waals surface area contributed by atoms with E-state index in [-0.39, 0.29) is 34.4 Å². The minimum absolute atomic E-state index is 0.0112. The number of carbonyl (C=O) groups is 2. The number of halogens is 2. The Morgan fingerprint density at radius 3 is 2.36 bits per heavy atom. The van der Waals surface area contributed by atoms with Crippen molar-refractivity contribution >= 4 is 50.6 Å². The topological polar surface area (TPSA) is 83.6 Å². The summed E-state index contributed by atoms with van der Waals surface area (Å²) < 4.78 is 27.6. The standard InChI is InChI=1S/C30H32Cl2N2O4S/c1-30(2,3)24-12-9-20(10-13-24)28(35)21-6-4-8-26(16-21)33-29(36)22-7-5-15-34(18-22)39(37,38)19-23-11-14-25(31)17-27(23)32/h4,6,8-14,16-17,22H,5,7,15,18-19H2,1-3H3,(H,33,36). The fourth-order valence-electron chi connectivity index (χ4n) is 4.61. The first-order valence-electron chi connectivity index (χ1n) is 12.8. The minimum Gasteiger partial charge on any atom is -0.326 e. The number of sulfonamides is 1. The second-order valence-electron chi connectivity index (χ2n) is 10.9. The predicted molar refractivity (Wildman–Crippen MR) is 157 cm³/mol. The average molecular weight is 588 g/mol. The van der Waals surface area contributed by atoms with Crippen molar-refractivity contribution in [3.8, 4) is 0 Å². The lowest BCUT2D eigenvalue weighted by atomic mass is 9.86. The van der Waals surface area contributed by atoms with Crippen LogP contribution in [0.2, 0.25) is 10.0 Å². The zero-order chi connectivity index (χ0) is 28.4. The van der Waals surface area contributed by atoms with Crippen molar-refractivity contribution in [1.82, 2.24) is 4.31 Å². The van der Waals surface area contributed by atoms with E-state index in [4.69, 9.17) is 23.2 Å². The molecule has 1 saturated heterocycles. The normalized spacial score (nSPS) is 16.6. The Labute approximate surface area is 240 Å². The first-order chi connectivity index (χ1) is 18.3. The van der Waals surface area contributed by atoms with Crippen LogP contribution in [0.15, 0.2) is 66.7 Å². The number of amides is 1. The molecule has 1 aliphatic heterocycles. The van der Waals surface area contributed by atoms with Crippen molar-refractivity contribution in [2.24, 2.45) is 5.92 Å². The zero-order valence-electron chi connectivity index (χ0n) is 22.2. The molecule has 1 atom stereocenters. The van der Waals surface area contributed by atoms with Crippen molar-refractivity contribution in [3.05, 3.63) is 99.0 Å². The Bertz CT molecular complexity index is 1480. The van der Waals surface area contributed by atoms with Crippen LogP contribution in [0.5, 0.6) is 0 Å². The largest absolute Gasteiger partial charge is 0.326 e. The summed E-state index contributed by atoms with van der Waals surface area (Å²) in [6, 6.07) is 19.1. The minimum atomic E-state index is -3.69. The van der Waals surface area contributed by atoms with Gasteiger partial charge in [0.15, 0.2) is 5.78 Å². The maximum atomic E-state index is 13.1. The summed E-state index contributed by atoms with van der Waals surface area (Å²) in [7, 11) is -3.69. The third kappa shape index (κ3) is 7.28. The Hall–Kier alpha value is -2.71. The van der Waals surface area contributed by atoms with Gasteiger partial charge in [-0.25, -0.2) is 12.7 Å². The van der Waals surface area contributed by atoms with Crippen LogP contribution in [0, 0.1) is 5.92 Å². The summed E-state index contributed by atoms with van der Waals surface area (Å²) in [6.45, 7) is 6.78. The molecule has 1 N–H and O–H groups in total. The zero-order valence-corrected chi connectivity index (χ0v) is 24.5. The second-order valence-corrected chi connectivity index (χ2v) is 13.7. The number of rotatable bonds is 7. The molecule has 1 aliphatic rings. The highest BCUT2D eigenvalue weighted by atomic mass is 35.5. The molecule has 206 valence electrons. The first kappa shape index (κ1) is 29.3. The maximum absolute atomic E-state index is 13.1. The third-order valence-electron chi connectivity index (χ3n) is 6.91. The Morgan fingerprint density at radius 2 is 1.69 bits per heavy atom. The van der Waals surface area contributed by atoms with Gasteiger partial charge in [-0.1, -0.05) is 86.4 Å². The van der Waals surface area contributed by atoms with Crippen molar-refractivity contribution in [2.75, 3.05) is 18.4 Å². The van der Waals surface area contributed by atoms with Crippen LogP contribution in [0.3, 0.4) is 0 Å². The smallest absolute Gasteiger partial charge is 0.228 e. The molecule has 1 unspecified atom stereocenters. The van der Waals surface area contributed by atoms with Crippen molar-refractivity contribution in [3.63, 3.8) is 0 Å². The highest BCUT2D eigenvalue weighted by Gasteiger charge is 2.33. The van der Waals surface area contributed by atoms with Crippen molar-refractivity contribution in [1.29, 1.82) is 0 Å². The number of benzene rings is 3. The van der Waals surface area contributed by atoms with Crippen LogP contribution in [-0.4, -0.2) is 37.5 Å². The monoisotopic (exact) mass is 586 g/mol. The molecule has 0 bridgehead atoms. The van der Waals surface area contributed by atoms with E-state index in [1.807, 2.05) is 24.3 Å². The Balaban J connectivity index is 1.42. The van der Waals surface area contributed by atoms with E-state index in [1.54, 1.807) is 36.4 Å². The SMILES string of the molecule is CC(C)(C)c1ccc(C(=O)c2cccc(NC(=O)C3CCCN(S(=O)(=O)Cc4ccc(Cl)cc4Cl)C3)c2)cc1. The van der Waals surface area contributed by atoms with Crippen LogP contribution < -0.4 is 5.32 Å². The van der Waals surface area contributed by atoms with E-state index in [2.05, 4.69) is 26.1 Å². The number of hydrogen-bond donors (Lipinski definition) is 1. The number of hydrogen-bond acceptors (Lipinski definition) is 4. The van der Waals surface area contributed by atoms with E-state index in [1.165, 1.54) is 10.4 Å². The number of anilines is 1. The highest BCUT2D eigenvalue weighted by Crippen LogP contribution is 2.27. The molecule has 0 aliphatic carbocycles. The molecule has 1 fully saturated rings. The van der Waals surface area contributed by atoms with Gasteiger partial charge in [0.1, 0.15) is 0 Å².